The van der Waals surface area contributed by atoms with Gasteiger partial charge in [0.15, 0.2) is 0 Å². The first-order valence-electron chi connectivity index (χ1n) is 9.05. The summed E-state index contributed by atoms with van der Waals surface area (Å²) in [5, 5.41) is 1.55. The normalized spacial score (nSPS) is 29.2. The van der Waals surface area contributed by atoms with Crippen LogP contribution in [0.5, 0.6) is 5.75 Å². The number of nitrogens with zero attached hydrogens (tertiary/aromatic N) is 2. The van der Waals surface area contributed by atoms with Gasteiger partial charge < -0.3 is 9.47 Å². The summed E-state index contributed by atoms with van der Waals surface area (Å²) in [6.45, 7) is 5.60. The molecule has 0 bridgehead atoms. The van der Waals surface area contributed by atoms with Crippen molar-refractivity contribution >= 4 is 5.91 Å². The van der Waals surface area contributed by atoms with Gasteiger partial charge in [0.2, 0.25) is 5.91 Å². The van der Waals surface area contributed by atoms with Gasteiger partial charge in [-0.2, -0.15) is 0 Å². The number of likely N-dealkylation sites (tertiary alicyclic amines) is 1. The molecule has 1 amide bonds. The zero-order valence-corrected chi connectivity index (χ0v) is 14.8. The second kappa shape index (κ2) is 6.94. The Balaban J connectivity index is 1.41. The molecule has 6 heteroatoms. The van der Waals surface area contributed by atoms with Crippen LogP contribution in [0, 0.1) is 11.3 Å². The fraction of sp³-hybridized carbons (Fsp3) is 0.632. The standard InChI is InChI=1S/C19H26N2O4/c1-23-17-5-3-15(4-6-17)10-20-11-16-12-24-14-19(16,13-20)9-18(22)21-7-2-8-25-21/h3-6,16H,2,7-14H2,1H3/t16-,19+/m1/s1. The molecule has 1 aromatic rings. The zero-order valence-electron chi connectivity index (χ0n) is 14.8. The van der Waals surface area contributed by atoms with E-state index in [9.17, 15) is 4.79 Å². The zero-order chi connectivity index (χ0) is 17.3. The number of hydrogen-bond acceptors (Lipinski definition) is 5. The minimum atomic E-state index is -0.0600. The van der Waals surface area contributed by atoms with E-state index in [-0.39, 0.29) is 11.3 Å². The van der Waals surface area contributed by atoms with Crippen LogP contribution in [-0.2, 0) is 20.9 Å². The Morgan fingerprint density at radius 3 is 2.92 bits per heavy atom. The highest BCUT2D eigenvalue weighted by atomic mass is 16.7. The van der Waals surface area contributed by atoms with Crippen molar-refractivity contribution in [3.63, 3.8) is 0 Å². The maximum atomic E-state index is 12.6. The van der Waals surface area contributed by atoms with Crippen LogP contribution in [0.1, 0.15) is 18.4 Å². The quantitative estimate of drug-likeness (QED) is 0.812. The Morgan fingerprint density at radius 2 is 2.20 bits per heavy atom. The summed E-state index contributed by atoms with van der Waals surface area (Å²) in [6, 6.07) is 8.22. The number of methoxy groups -OCH3 is 1. The number of hydrogen-bond donors (Lipinski definition) is 0. The molecular weight excluding hydrogens is 320 g/mol. The van der Waals surface area contributed by atoms with Gasteiger partial charge in [0.05, 0.1) is 33.5 Å². The van der Waals surface area contributed by atoms with Gasteiger partial charge in [0, 0.05) is 37.4 Å². The van der Waals surface area contributed by atoms with Gasteiger partial charge in [0.1, 0.15) is 5.75 Å². The van der Waals surface area contributed by atoms with E-state index in [4.69, 9.17) is 14.3 Å². The molecule has 3 heterocycles. The first-order chi connectivity index (χ1) is 12.2. The molecule has 136 valence electrons. The lowest BCUT2D eigenvalue weighted by Crippen LogP contribution is -2.38. The summed E-state index contributed by atoms with van der Waals surface area (Å²) in [4.78, 5) is 20.5. The Hall–Kier alpha value is -1.63. The molecule has 0 radical (unpaired) electrons. The van der Waals surface area contributed by atoms with Crippen molar-refractivity contribution in [3.05, 3.63) is 29.8 Å². The number of ether oxygens (including phenoxy) is 2. The number of carbonyl (C=O) groups is 1. The molecule has 3 fully saturated rings. The molecule has 6 nitrogen and oxygen atoms in total. The highest BCUT2D eigenvalue weighted by Crippen LogP contribution is 2.44. The first-order valence-corrected chi connectivity index (χ1v) is 9.05. The van der Waals surface area contributed by atoms with Crippen LogP contribution in [0.3, 0.4) is 0 Å². The molecule has 1 aromatic carbocycles. The molecule has 2 atom stereocenters. The summed E-state index contributed by atoms with van der Waals surface area (Å²) in [5.74, 6) is 1.42. The average Bonchev–Trinajstić information content (AvgIpc) is 3.31. The van der Waals surface area contributed by atoms with E-state index < -0.39 is 0 Å². The topological polar surface area (TPSA) is 51.2 Å². The molecule has 0 aromatic heterocycles. The van der Waals surface area contributed by atoms with Gasteiger partial charge in [-0.25, -0.2) is 5.06 Å². The van der Waals surface area contributed by atoms with Crippen LogP contribution in [0.15, 0.2) is 24.3 Å². The summed E-state index contributed by atoms with van der Waals surface area (Å²) in [6.07, 6.45) is 1.46. The van der Waals surface area contributed by atoms with Gasteiger partial charge in [-0.15, -0.1) is 0 Å². The lowest BCUT2D eigenvalue weighted by molar-refractivity contribution is -0.171. The lowest BCUT2D eigenvalue weighted by atomic mass is 9.78. The van der Waals surface area contributed by atoms with E-state index in [1.807, 2.05) is 12.1 Å². The van der Waals surface area contributed by atoms with Crippen LogP contribution in [0.25, 0.3) is 0 Å². The fourth-order valence-corrected chi connectivity index (χ4v) is 4.34. The molecule has 25 heavy (non-hydrogen) atoms. The predicted octanol–water partition coefficient (Wildman–Crippen LogP) is 1.70. The minimum absolute atomic E-state index is 0.0600. The predicted molar refractivity (Wildman–Crippen MR) is 91.9 cm³/mol. The van der Waals surface area contributed by atoms with E-state index in [0.717, 1.165) is 45.0 Å². The minimum Gasteiger partial charge on any atom is -0.497 e. The van der Waals surface area contributed by atoms with Crippen LogP contribution in [-0.4, -0.2) is 62.4 Å². The van der Waals surface area contributed by atoms with Crippen molar-refractivity contribution < 1.29 is 19.1 Å². The van der Waals surface area contributed by atoms with E-state index in [1.54, 1.807) is 12.2 Å². The molecule has 0 saturated carbocycles. The summed E-state index contributed by atoms with van der Waals surface area (Å²) >= 11 is 0. The van der Waals surface area contributed by atoms with Crippen molar-refractivity contribution in [1.82, 2.24) is 9.96 Å². The number of amides is 1. The van der Waals surface area contributed by atoms with Crippen LogP contribution in [0.2, 0.25) is 0 Å². The number of benzene rings is 1. The highest BCUT2D eigenvalue weighted by Gasteiger charge is 2.52. The van der Waals surface area contributed by atoms with Crippen molar-refractivity contribution in [2.24, 2.45) is 11.3 Å². The molecule has 0 N–H and O–H groups in total. The monoisotopic (exact) mass is 346 g/mol. The van der Waals surface area contributed by atoms with Gasteiger partial charge in [0.25, 0.3) is 0 Å². The third kappa shape index (κ3) is 3.38. The Bertz CT molecular complexity index is 614. The number of carbonyl (C=O) groups excluding carboxylic acids is 1. The number of fused-ring (bicyclic) bond motifs is 1. The summed E-state index contributed by atoms with van der Waals surface area (Å²) in [5.41, 5.74) is 1.21. The molecule has 3 saturated heterocycles. The van der Waals surface area contributed by atoms with E-state index in [1.165, 1.54) is 5.56 Å². The van der Waals surface area contributed by atoms with Crippen LogP contribution < -0.4 is 4.74 Å². The van der Waals surface area contributed by atoms with Crippen molar-refractivity contribution in [1.29, 1.82) is 0 Å². The highest BCUT2D eigenvalue weighted by molar-refractivity contribution is 5.76. The number of hydroxylamine groups is 2. The average molecular weight is 346 g/mol. The molecular formula is C19H26N2O4. The maximum Gasteiger partial charge on any atom is 0.246 e. The van der Waals surface area contributed by atoms with Crippen molar-refractivity contribution in [2.75, 3.05) is 46.6 Å². The second-order valence-electron chi connectivity index (χ2n) is 7.45. The van der Waals surface area contributed by atoms with Crippen LogP contribution >= 0.6 is 0 Å². The Kier molecular flexibility index (Phi) is 4.67. The largest absolute Gasteiger partial charge is 0.497 e. The molecule has 0 unspecified atom stereocenters. The third-order valence-electron chi connectivity index (χ3n) is 5.69. The fourth-order valence-electron chi connectivity index (χ4n) is 4.34. The van der Waals surface area contributed by atoms with E-state index >= 15 is 0 Å². The van der Waals surface area contributed by atoms with Crippen molar-refractivity contribution in [3.8, 4) is 5.75 Å². The molecule has 4 rings (SSSR count). The lowest BCUT2D eigenvalue weighted by Gasteiger charge is -2.28. The second-order valence-corrected chi connectivity index (χ2v) is 7.45. The SMILES string of the molecule is COc1ccc(CN2C[C@@H]3COC[C@]3(CC(=O)N3CCCO3)C2)cc1. The Morgan fingerprint density at radius 1 is 1.36 bits per heavy atom. The van der Waals surface area contributed by atoms with Crippen molar-refractivity contribution in [2.45, 2.75) is 19.4 Å². The first kappa shape index (κ1) is 16.8. The molecule has 0 aliphatic carbocycles. The maximum absolute atomic E-state index is 12.6. The van der Waals surface area contributed by atoms with Crippen LogP contribution in [0.4, 0.5) is 0 Å². The third-order valence-corrected chi connectivity index (χ3v) is 5.69. The van der Waals surface area contributed by atoms with Gasteiger partial charge in [-0.3, -0.25) is 14.5 Å². The van der Waals surface area contributed by atoms with Gasteiger partial charge in [-0.05, 0) is 24.1 Å². The Labute approximate surface area is 148 Å². The number of rotatable bonds is 5. The molecule has 0 spiro atoms. The molecule has 3 aliphatic rings. The summed E-state index contributed by atoms with van der Waals surface area (Å²) in [7, 11) is 1.68. The summed E-state index contributed by atoms with van der Waals surface area (Å²) < 4.78 is 11.0. The van der Waals surface area contributed by atoms with E-state index in [0.29, 0.717) is 25.6 Å². The van der Waals surface area contributed by atoms with Gasteiger partial charge in [-0.1, -0.05) is 12.1 Å². The molecule has 3 aliphatic heterocycles. The van der Waals surface area contributed by atoms with Gasteiger partial charge >= 0.3 is 0 Å². The van der Waals surface area contributed by atoms with E-state index in [2.05, 4.69) is 17.0 Å². The smallest absolute Gasteiger partial charge is 0.246 e.